The van der Waals surface area contributed by atoms with E-state index in [-0.39, 0.29) is 29.5 Å². The maximum Gasteiger partial charge on any atom is 0.216 e. The Kier molecular flexibility index (Phi) is 8.74. The maximum atomic E-state index is 5.32. The van der Waals surface area contributed by atoms with E-state index in [4.69, 9.17) is 4.42 Å². The molecule has 0 saturated carbocycles. The van der Waals surface area contributed by atoms with E-state index >= 15 is 0 Å². The summed E-state index contributed by atoms with van der Waals surface area (Å²) in [6.07, 6.45) is 5.55. The third-order valence-electron chi connectivity index (χ3n) is 4.91. The molecule has 9 heteroatoms. The Morgan fingerprint density at radius 1 is 1.29 bits per heavy atom. The van der Waals surface area contributed by atoms with E-state index in [1.165, 1.54) is 32.4 Å². The van der Waals surface area contributed by atoms with Gasteiger partial charge in [-0.25, -0.2) is 9.98 Å². The number of hydrogen-bond donors (Lipinski definition) is 3. The number of H-pyrrole nitrogens is 1. The summed E-state index contributed by atoms with van der Waals surface area (Å²) in [6.45, 7) is 11.1. The molecule has 0 aliphatic carbocycles. The summed E-state index contributed by atoms with van der Waals surface area (Å²) >= 11 is 0. The number of guanidine groups is 1. The first-order valence-corrected chi connectivity index (χ1v) is 9.81. The fourth-order valence-electron chi connectivity index (χ4n) is 3.29. The molecular formula is C19H32IN7O. The van der Waals surface area contributed by atoms with Gasteiger partial charge in [-0.05, 0) is 58.8 Å². The lowest BCUT2D eigenvalue weighted by atomic mass is 9.98. The van der Waals surface area contributed by atoms with E-state index in [0.29, 0.717) is 24.0 Å². The van der Waals surface area contributed by atoms with Crippen molar-refractivity contribution in [1.29, 1.82) is 0 Å². The second-order valence-corrected chi connectivity index (χ2v) is 7.49. The molecule has 0 unspecified atom stereocenters. The largest absolute Gasteiger partial charge is 0.461 e. The zero-order valence-electron chi connectivity index (χ0n) is 17.0. The molecule has 3 rings (SSSR count). The molecule has 2 aromatic rings. The van der Waals surface area contributed by atoms with Crippen molar-refractivity contribution in [2.75, 3.05) is 26.2 Å². The van der Waals surface area contributed by atoms with Gasteiger partial charge in [0.1, 0.15) is 12.4 Å². The number of aromatic nitrogens is 3. The third kappa shape index (κ3) is 6.20. The van der Waals surface area contributed by atoms with Crippen molar-refractivity contribution in [3.05, 3.63) is 24.2 Å². The van der Waals surface area contributed by atoms with Crippen molar-refractivity contribution in [3.63, 3.8) is 0 Å². The molecule has 3 heterocycles. The van der Waals surface area contributed by atoms with Crippen LogP contribution in [0.1, 0.15) is 45.9 Å². The standard InChI is InChI=1S/C19H31N7O.HI/c1-4-20-18(22-14-19(2,3)26-10-6-5-7-11-26)21-13-16-23-17(25-24-16)15-9-8-12-27-15;/h8-9,12H,4-7,10-11,13-14H2,1-3H3,(H2,20,21,22)(H,23,24,25);1H. The third-order valence-corrected chi connectivity index (χ3v) is 4.91. The van der Waals surface area contributed by atoms with Crippen molar-refractivity contribution < 1.29 is 4.42 Å². The molecule has 1 aliphatic rings. The highest BCUT2D eigenvalue weighted by Gasteiger charge is 2.27. The quantitative estimate of drug-likeness (QED) is 0.307. The lowest BCUT2D eigenvalue weighted by molar-refractivity contribution is 0.0982. The van der Waals surface area contributed by atoms with Crippen molar-refractivity contribution in [2.24, 2.45) is 4.99 Å². The van der Waals surface area contributed by atoms with Crippen molar-refractivity contribution in [1.82, 2.24) is 30.7 Å². The SMILES string of the molecule is CCNC(=NCc1nc(-c2ccco2)n[nH]1)NCC(C)(C)N1CCCCC1.I. The highest BCUT2D eigenvalue weighted by atomic mass is 127. The molecule has 2 aromatic heterocycles. The number of aromatic amines is 1. The molecule has 28 heavy (non-hydrogen) atoms. The molecule has 0 radical (unpaired) electrons. The Hall–Kier alpha value is -1.62. The van der Waals surface area contributed by atoms with Crippen LogP contribution in [0.3, 0.4) is 0 Å². The highest BCUT2D eigenvalue weighted by Crippen LogP contribution is 2.19. The average molecular weight is 501 g/mol. The summed E-state index contributed by atoms with van der Waals surface area (Å²) in [7, 11) is 0. The van der Waals surface area contributed by atoms with E-state index in [1.54, 1.807) is 6.26 Å². The maximum absolute atomic E-state index is 5.32. The Morgan fingerprint density at radius 2 is 2.07 bits per heavy atom. The predicted molar refractivity (Wildman–Crippen MR) is 122 cm³/mol. The topological polar surface area (TPSA) is 94.4 Å². The monoisotopic (exact) mass is 501 g/mol. The predicted octanol–water partition coefficient (Wildman–Crippen LogP) is 3.00. The molecule has 1 fully saturated rings. The Balaban J connectivity index is 0.00000280. The Morgan fingerprint density at radius 3 is 2.75 bits per heavy atom. The fourth-order valence-corrected chi connectivity index (χ4v) is 3.29. The summed E-state index contributed by atoms with van der Waals surface area (Å²) in [5.41, 5.74) is 0.0926. The van der Waals surface area contributed by atoms with Gasteiger partial charge in [0.25, 0.3) is 0 Å². The second-order valence-electron chi connectivity index (χ2n) is 7.49. The Bertz CT molecular complexity index is 720. The molecule has 1 saturated heterocycles. The van der Waals surface area contributed by atoms with Crippen LogP contribution < -0.4 is 10.6 Å². The summed E-state index contributed by atoms with van der Waals surface area (Å²) < 4.78 is 5.32. The van der Waals surface area contributed by atoms with Gasteiger partial charge in [0.2, 0.25) is 5.82 Å². The van der Waals surface area contributed by atoms with E-state index < -0.39 is 0 Å². The number of likely N-dealkylation sites (tertiary alicyclic amines) is 1. The van der Waals surface area contributed by atoms with Gasteiger partial charge in [-0.2, -0.15) is 0 Å². The molecule has 0 spiro atoms. The van der Waals surface area contributed by atoms with E-state index in [0.717, 1.165) is 19.0 Å². The van der Waals surface area contributed by atoms with Gasteiger partial charge >= 0.3 is 0 Å². The molecule has 156 valence electrons. The molecule has 8 nitrogen and oxygen atoms in total. The molecule has 1 aliphatic heterocycles. The van der Waals surface area contributed by atoms with Crippen molar-refractivity contribution >= 4 is 29.9 Å². The lowest BCUT2D eigenvalue weighted by Crippen LogP contribution is -2.54. The Labute approximate surface area is 184 Å². The van der Waals surface area contributed by atoms with Crippen LogP contribution in [0.25, 0.3) is 11.6 Å². The van der Waals surface area contributed by atoms with Crippen molar-refractivity contribution in [3.8, 4) is 11.6 Å². The lowest BCUT2D eigenvalue weighted by Gasteiger charge is -2.41. The van der Waals surface area contributed by atoms with Gasteiger partial charge in [-0.15, -0.1) is 29.1 Å². The number of aliphatic imine (C=N–C) groups is 1. The molecule has 0 atom stereocenters. The first-order valence-electron chi connectivity index (χ1n) is 9.81. The summed E-state index contributed by atoms with van der Waals surface area (Å²) in [4.78, 5) is 11.6. The number of hydrogen-bond acceptors (Lipinski definition) is 5. The number of nitrogens with zero attached hydrogens (tertiary/aromatic N) is 4. The van der Waals surface area contributed by atoms with Crippen molar-refractivity contribution in [2.45, 2.75) is 52.1 Å². The summed E-state index contributed by atoms with van der Waals surface area (Å²) in [6, 6.07) is 3.66. The summed E-state index contributed by atoms with van der Waals surface area (Å²) in [5, 5.41) is 13.9. The van der Waals surface area contributed by atoms with Gasteiger partial charge in [0, 0.05) is 18.6 Å². The van der Waals surface area contributed by atoms with Crippen LogP contribution in [0, 0.1) is 0 Å². The van der Waals surface area contributed by atoms with Gasteiger partial charge in [0.05, 0.1) is 6.26 Å². The smallest absolute Gasteiger partial charge is 0.216 e. The molecule has 0 bridgehead atoms. The first-order chi connectivity index (χ1) is 13.1. The minimum Gasteiger partial charge on any atom is -0.461 e. The summed E-state index contributed by atoms with van der Waals surface area (Å²) in [5.74, 6) is 2.69. The average Bonchev–Trinajstić information content (AvgIpc) is 3.36. The zero-order valence-corrected chi connectivity index (χ0v) is 19.3. The normalized spacial score (nSPS) is 15.9. The van der Waals surface area contributed by atoms with E-state index in [2.05, 4.69) is 56.5 Å². The van der Waals surface area contributed by atoms with Gasteiger partial charge < -0.3 is 15.1 Å². The number of nitrogens with one attached hydrogen (secondary N) is 3. The van der Waals surface area contributed by atoms with Gasteiger partial charge in [-0.3, -0.25) is 10.00 Å². The van der Waals surface area contributed by atoms with Crippen LogP contribution >= 0.6 is 24.0 Å². The van der Waals surface area contributed by atoms with Crippen LogP contribution in [0.15, 0.2) is 27.8 Å². The number of furan rings is 1. The molecule has 3 N–H and O–H groups in total. The molecule has 0 amide bonds. The number of piperidine rings is 1. The highest BCUT2D eigenvalue weighted by molar-refractivity contribution is 14.0. The van der Waals surface area contributed by atoms with Crippen LogP contribution in [-0.4, -0.2) is 57.8 Å². The van der Waals surface area contributed by atoms with Gasteiger partial charge in [-0.1, -0.05) is 6.42 Å². The molecular weight excluding hydrogens is 469 g/mol. The molecule has 0 aromatic carbocycles. The van der Waals surface area contributed by atoms with Crippen LogP contribution in [0.5, 0.6) is 0 Å². The second kappa shape index (κ2) is 10.8. The number of halogens is 1. The van der Waals surface area contributed by atoms with Gasteiger partial charge in [0.15, 0.2) is 11.7 Å². The van der Waals surface area contributed by atoms with E-state index in [9.17, 15) is 0 Å². The minimum absolute atomic E-state index is 0. The van der Waals surface area contributed by atoms with Crippen LogP contribution in [-0.2, 0) is 6.54 Å². The van der Waals surface area contributed by atoms with Crippen LogP contribution in [0.4, 0.5) is 0 Å². The van der Waals surface area contributed by atoms with E-state index in [1.807, 2.05) is 12.1 Å². The van der Waals surface area contributed by atoms with Crippen LogP contribution in [0.2, 0.25) is 0 Å². The fraction of sp³-hybridized carbons (Fsp3) is 0.632. The zero-order chi connectivity index (χ0) is 19.1. The minimum atomic E-state index is 0. The first kappa shape index (κ1) is 22.7. The number of rotatable bonds is 7.